The van der Waals surface area contributed by atoms with Crippen LogP contribution in [-0.4, -0.2) is 59.0 Å². The molecular weight excluding hydrogens is 426 g/mol. The van der Waals surface area contributed by atoms with Crippen molar-refractivity contribution >= 4 is 11.8 Å². The van der Waals surface area contributed by atoms with Crippen LogP contribution in [0, 0.1) is 5.92 Å². The summed E-state index contributed by atoms with van der Waals surface area (Å²) in [7, 11) is 1.66. The average molecular weight is 468 g/mol. The molecule has 1 fully saturated rings. The molecule has 1 heterocycles. The Morgan fingerprint density at radius 2 is 1.79 bits per heavy atom. The summed E-state index contributed by atoms with van der Waals surface area (Å²) >= 11 is 0. The molecule has 3 rings (SSSR count). The van der Waals surface area contributed by atoms with E-state index in [9.17, 15) is 9.59 Å². The largest absolute Gasteiger partial charge is 0.385 e. The van der Waals surface area contributed by atoms with Crippen LogP contribution in [0.2, 0.25) is 0 Å². The summed E-state index contributed by atoms with van der Waals surface area (Å²) < 4.78 is 7.41. The molecule has 2 aromatic rings. The lowest BCUT2D eigenvalue weighted by atomic mass is 9.94. The SMILES string of the molecule is COCCCN(CC(=O)N(Cc1cccn1Cc1ccccc1)C1CCCCC1)C(=O)C(C)C. The minimum atomic E-state index is -0.137. The van der Waals surface area contributed by atoms with Crippen LogP contribution in [0.1, 0.15) is 63.6 Å². The van der Waals surface area contributed by atoms with E-state index in [2.05, 4.69) is 47.2 Å². The van der Waals surface area contributed by atoms with Crippen LogP contribution in [0.4, 0.5) is 0 Å². The minimum Gasteiger partial charge on any atom is -0.385 e. The van der Waals surface area contributed by atoms with Gasteiger partial charge < -0.3 is 19.1 Å². The first kappa shape index (κ1) is 26.0. The van der Waals surface area contributed by atoms with E-state index in [4.69, 9.17) is 4.74 Å². The lowest BCUT2D eigenvalue weighted by Gasteiger charge is -2.36. The van der Waals surface area contributed by atoms with Crippen molar-refractivity contribution in [1.29, 1.82) is 0 Å². The fraction of sp³-hybridized carbons (Fsp3) is 0.571. The molecule has 0 radical (unpaired) electrons. The summed E-state index contributed by atoms with van der Waals surface area (Å²) in [4.78, 5) is 30.3. The van der Waals surface area contributed by atoms with E-state index in [1.54, 1.807) is 12.0 Å². The highest BCUT2D eigenvalue weighted by Gasteiger charge is 2.29. The van der Waals surface area contributed by atoms with Crippen LogP contribution in [0.25, 0.3) is 0 Å². The first-order valence-corrected chi connectivity index (χ1v) is 12.7. The van der Waals surface area contributed by atoms with E-state index in [1.807, 2.05) is 24.8 Å². The fourth-order valence-corrected chi connectivity index (χ4v) is 4.80. The smallest absolute Gasteiger partial charge is 0.242 e. The highest BCUT2D eigenvalue weighted by atomic mass is 16.5. The first-order chi connectivity index (χ1) is 16.5. The van der Waals surface area contributed by atoms with Crippen molar-refractivity contribution in [2.24, 2.45) is 5.92 Å². The molecule has 0 saturated heterocycles. The Kier molecular flexibility index (Phi) is 10.2. The van der Waals surface area contributed by atoms with Gasteiger partial charge in [0.05, 0.1) is 13.1 Å². The molecule has 6 nitrogen and oxygen atoms in total. The van der Waals surface area contributed by atoms with Crippen molar-refractivity contribution < 1.29 is 14.3 Å². The molecule has 0 bridgehead atoms. The van der Waals surface area contributed by atoms with Crippen molar-refractivity contribution in [3.63, 3.8) is 0 Å². The maximum atomic E-state index is 13.7. The zero-order valence-corrected chi connectivity index (χ0v) is 21.1. The van der Waals surface area contributed by atoms with Crippen LogP contribution >= 0.6 is 0 Å². The third-order valence-corrected chi connectivity index (χ3v) is 6.70. The Bertz CT molecular complexity index is 887. The molecule has 1 aromatic carbocycles. The fourth-order valence-electron chi connectivity index (χ4n) is 4.80. The van der Waals surface area contributed by atoms with Crippen molar-refractivity contribution in [3.8, 4) is 0 Å². The minimum absolute atomic E-state index is 0.0282. The second kappa shape index (κ2) is 13.3. The topological polar surface area (TPSA) is 54.8 Å². The highest BCUT2D eigenvalue weighted by Crippen LogP contribution is 2.25. The Labute approximate surface area is 204 Å². The summed E-state index contributed by atoms with van der Waals surface area (Å²) in [6.45, 7) is 6.40. The molecule has 1 aromatic heterocycles. The second-order valence-corrected chi connectivity index (χ2v) is 9.69. The number of benzene rings is 1. The molecule has 0 unspecified atom stereocenters. The molecule has 1 saturated carbocycles. The monoisotopic (exact) mass is 467 g/mol. The summed E-state index contributed by atoms with van der Waals surface area (Å²) in [5.74, 6) is -0.0622. The molecule has 0 spiro atoms. The van der Waals surface area contributed by atoms with E-state index in [0.29, 0.717) is 19.7 Å². The summed E-state index contributed by atoms with van der Waals surface area (Å²) in [6.07, 6.45) is 8.43. The van der Waals surface area contributed by atoms with Gasteiger partial charge in [0, 0.05) is 50.7 Å². The molecule has 1 aliphatic rings. The lowest BCUT2D eigenvalue weighted by Crippen LogP contribution is -2.48. The number of ether oxygens (including phenoxy) is 1. The van der Waals surface area contributed by atoms with Gasteiger partial charge in [0.25, 0.3) is 0 Å². The number of methoxy groups -OCH3 is 1. The van der Waals surface area contributed by atoms with Gasteiger partial charge in [0.2, 0.25) is 11.8 Å². The molecule has 186 valence electrons. The van der Waals surface area contributed by atoms with Crippen LogP contribution in [0.5, 0.6) is 0 Å². The molecule has 0 N–H and O–H groups in total. The van der Waals surface area contributed by atoms with Crippen molar-refractivity contribution in [2.45, 2.75) is 71.5 Å². The summed E-state index contributed by atoms with van der Waals surface area (Å²) in [6, 6.07) is 14.8. The van der Waals surface area contributed by atoms with Gasteiger partial charge in [-0.15, -0.1) is 0 Å². The average Bonchev–Trinajstić information content (AvgIpc) is 3.29. The number of hydrogen-bond acceptors (Lipinski definition) is 3. The number of hydrogen-bond donors (Lipinski definition) is 0. The Morgan fingerprint density at radius 1 is 1.06 bits per heavy atom. The summed E-state index contributed by atoms with van der Waals surface area (Å²) in [5, 5.41) is 0. The van der Waals surface area contributed by atoms with Gasteiger partial charge in [0.15, 0.2) is 0 Å². The molecular formula is C28H41N3O3. The van der Waals surface area contributed by atoms with Crippen molar-refractivity contribution in [3.05, 3.63) is 59.9 Å². The van der Waals surface area contributed by atoms with E-state index >= 15 is 0 Å². The molecule has 2 amide bonds. The maximum absolute atomic E-state index is 13.7. The zero-order chi connectivity index (χ0) is 24.3. The third-order valence-electron chi connectivity index (χ3n) is 6.70. The molecule has 34 heavy (non-hydrogen) atoms. The second-order valence-electron chi connectivity index (χ2n) is 9.69. The van der Waals surface area contributed by atoms with Gasteiger partial charge in [-0.25, -0.2) is 0 Å². The number of amides is 2. The van der Waals surface area contributed by atoms with E-state index in [0.717, 1.165) is 44.3 Å². The number of carbonyl (C=O) groups is 2. The lowest BCUT2D eigenvalue weighted by molar-refractivity contribution is -0.144. The Hall–Kier alpha value is -2.60. The molecule has 0 atom stereocenters. The van der Waals surface area contributed by atoms with Crippen LogP contribution in [0.15, 0.2) is 48.7 Å². The maximum Gasteiger partial charge on any atom is 0.242 e. The predicted octanol–water partition coefficient (Wildman–Crippen LogP) is 4.72. The molecule has 1 aliphatic carbocycles. The number of carbonyl (C=O) groups excluding carboxylic acids is 2. The van der Waals surface area contributed by atoms with Crippen LogP contribution in [0.3, 0.4) is 0 Å². The highest BCUT2D eigenvalue weighted by molar-refractivity contribution is 5.85. The number of rotatable bonds is 12. The molecule has 0 aliphatic heterocycles. The Balaban J connectivity index is 1.77. The van der Waals surface area contributed by atoms with E-state index in [-0.39, 0.29) is 30.3 Å². The van der Waals surface area contributed by atoms with Crippen LogP contribution in [-0.2, 0) is 27.4 Å². The van der Waals surface area contributed by atoms with Gasteiger partial charge in [0.1, 0.15) is 0 Å². The standard InChI is InChI=1S/C28H41N3O3/c1-23(2)28(33)30(18-11-19-34-3)22-27(32)31(25-14-8-5-9-15-25)21-26-16-10-17-29(26)20-24-12-6-4-7-13-24/h4,6-7,10,12-13,16-17,23,25H,5,8-9,11,14-15,18-22H2,1-3H3. The Morgan fingerprint density at radius 3 is 2.47 bits per heavy atom. The van der Waals surface area contributed by atoms with Gasteiger partial charge in [-0.05, 0) is 37.0 Å². The summed E-state index contributed by atoms with van der Waals surface area (Å²) in [5.41, 5.74) is 2.37. The predicted molar refractivity (Wildman–Crippen MR) is 135 cm³/mol. The number of nitrogens with zero attached hydrogens (tertiary/aromatic N) is 3. The van der Waals surface area contributed by atoms with Gasteiger partial charge in [-0.2, -0.15) is 0 Å². The van der Waals surface area contributed by atoms with E-state index in [1.165, 1.54) is 12.0 Å². The molecule has 6 heteroatoms. The normalized spacial score (nSPS) is 14.4. The van der Waals surface area contributed by atoms with Crippen LogP contribution < -0.4 is 0 Å². The van der Waals surface area contributed by atoms with E-state index < -0.39 is 0 Å². The first-order valence-electron chi connectivity index (χ1n) is 12.7. The quantitative estimate of drug-likeness (QED) is 0.425. The van der Waals surface area contributed by atoms with Gasteiger partial charge >= 0.3 is 0 Å². The zero-order valence-electron chi connectivity index (χ0n) is 21.1. The van der Waals surface area contributed by atoms with Crippen molar-refractivity contribution in [2.75, 3.05) is 26.8 Å². The van der Waals surface area contributed by atoms with Crippen molar-refractivity contribution in [1.82, 2.24) is 14.4 Å². The number of aromatic nitrogens is 1. The third kappa shape index (κ3) is 7.45. The van der Waals surface area contributed by atoms with Gasteiger partial charge in [-0.1, -0.05) is 63.4 Å². The van der Waals surface area contributed by atoms with Gasteiger partial charge in [-0.3, -0.25) is 9.59 Å².